The van der Waals surface area contributed by atoms with Gasteiger partial charge in [-0.3, -0.25) is 14.6 Å². The fourth-order valence-electron chi connectivity index (χ4n) is 4.15. The SMILES string of the molecule is O=C(c1ccncc1)N1CCC(C(=O)N2CCCc3ccccc3C2)CC1. The van der Waals surface area contributed by atoms with Gasteiger partial charge in [0.25, 0.3) is 5.91 Å². The summed E-state index contributed by atoms with van der Waals surface area (Å²) in [5, 5.41) is 0. The molecule has 0 unspecified atom stereocenters. The molecule has 0 N–H and O–H groups in total. The van der Waals surface area contributed by atoms with Gasteiger partial charge in [0.1, 0.15) is 0 Å². The Hall–Kier alpha value is -2.69. The molecule has 1 saturated heterocycles. The molecule has 5 heteroatoms. The minimum absolute atomic E-state index is 0.0248. The molecule has 2 amide bonds. The number of aryl methyl sites for hydroxylation is 1. The van der Waals surface area contributed by atoms with Gasteiger partial charge in [-0.05, 0) is 48.9 Å². The number of fused-ring (bicyclic) bond motifs is 1. The van der Waals surface area contributed by atoms with E-state index in [0.29, 0.717) is 25.2 Å². The highest BCUT2D eigenvalue weighted by Crippen LogP contribution is 2.25. The fourth-order valence-corrected chi connectivity index (χ4v) is 4.15. The second kappa shape index (κ2) is 7.91. The Bertz CT molecular complexity index is 813. The Balaban J connectivity index is 1.37. The predicted molar refractivity (Wildman–Crippen MR) is 103 cm³/mol. The Labute approximate surface area is 160 Å². The van der Waals surface area contributed by atoms with E-state index in [1.54, 1.807) is 24.5 Å². The third kappa shape index (κ3) is 3.87. The summed E-state index contributed by atoms with van der Waals surface area (Å²) in [7, 11) is 0. The molecule has 0 bridgehead atoms. The van der Waals surface area contributed by atoms with E-state index in [4.69, 9.17) is 0 Å². The number of pyridine rings is 1. The molecule has 2 aliphatic rings. The van der Waals surface area contributed by atoms with Gasteiger partial charge in [-0.15, -0.1) is 0 Å². The third-order valence-electron chi connectivity index (χ3n) is 5.72. The first kappa shape index (κ1) is 17.7. The quantitative estimate of drug-likeness (QED) is 0.824. The lowest BCUT2D eigenvalue weighted by Crippen LogP contribution is -2.44. The molecule has 0 atom stereocenters. The molecule has 3 heterocycles. The van der Waals surface area contributed by atoms with Crippen molar-refractivity contribution in [1.29, 1.82) is 0 Å². The molecule has 4 rings (SSSR count). The molecule has 0 spiro atoms. The van der Waals surface area contributed by atoms with Gasteiger partial charge in [0.05, 0.1) is 0 Å². The van der Waals surface area contributed by atoms with Gasteiger partial charge in [0.2, 0.25) is 5.91 Å². The van der Waals surface area contributed by atoms with Gasteiger partial charge in [0.15, 0.2) is 0 Å². The van der Waals surface area contributed by atoms with E-state index in [9.17, 15) is 9.59 Å². The van der Waals surface area contributed by atoms with Gasteiger partial charge < -0.3 is 9.80 Å². The summed E-state index contributed by atoms with van der Waals surface area (Å²) in [6.07, 6.45) is 6.82. The molecular weight excluding hydrogens is 338 g/mol. The smallest absolute Gasteiger partial charge is 0.253 e. The van der Waals surface area contributed by atoms with Crippen molar-refractivity contribution >= 4 is 11.8 Å². The molecule has 5 nitrogen and oxygen atoms in total. The molecule has 0 saturated carbocycles. The second-order valence-electron chi connectivity index (χ2n) is 7.43. The van der Waals surface area contributed by atoms with E-state index in [1.807, 2.05) is 9.80 Å². The van der Waals surface area contributed by atoms with E-state index in [0.717, 1.165) is 32.2 Å². The van der Waals surface area contributed by atoms with Crippen LogP contribution in [0.5, 0.6) is 0 Å². The van der Waals surface area contributed by atoms with E-state index < -0.39 is 0 Å². The van der Waals surface area contributed by atoms with Crippen molar-refractivity contribution in [3.05, 3.63) is 65.5 Å². The molecular formula is C22H25N3O2. The van der Waals surface area contributed by atoms with Crippen molar-refractivity contribution in [2.75, 3.05) is 19.6 Å². The minimum Gasteiger partial charge on any atom is -0.339 e. The number of benzene rings is 1. The first-order valence-electron chi connectivity index (χ1n) is 9.77. The van der Waals surface area contributed by atoms with Crippen molar-refractivity contribution in [3.63, 3.8) is 0 Å². The Morgan fingerprint density at radius 1 is 0.889 bits per heavy atom. The molecule has 1 aromatic carbocycles. The number of hydrogen-bond acceptors (Lipinski definition) is 3. The first-order chi connectivity index (χ1) is 13.2. The normalized spacial score (nSPS) is 17.9. The third-order valence-corrected chi connectivity index (χ3v) is 5.72. The lowest BCUT2D eigenvalue weighted by atomic mass is 9.94. The minimum atomic E-state index is 0.0248. The van der Waals surface area contributed by atoms with Crippen LogP contribution in [-0.2, 0) is 17.8 Å². The summed E-state index contributed by atoms with van der Waals surface area (Å²) in [4.78, 5) is 33.5. The molecule has 140 valence electrons. The first-order valence-corrected chi connectivity index (χ1v) is 9.77. The zero-order valence-electron chi connectivity index (χ0n) is 15.5. The molecule has 1 aromatic heterocycles. The molecule has 2 aliphatic heterocycles. The number of likely N-dealkylation sites (tertiary alicyclic amines) is 1. The van der Waals surface area contributed by atoms with Gasteiger partial charge in [0, 0.05) is 50.1 Å². The van der Waals surface area contributed by atoms with Gasteiger partial charge in [-0.2, -0.15) is 0 Å². The van der Waals surface area contributed by atoms with Crippen LogP contribution in [0.3, 0.4) is 0 Å². The van der Waals surface area contributed by atoms with Crippen LogP contribution in [0.25, 0.3) is 0 Å². The maximum atomic E-state index is 13.1. The highest BCUT2D eigenvalue weighted by molar-refractivity contribution is 5.94. The number of amides is 2. The van der Waals surface area contributed by atoms with Crippen LogP contribution in [0, 0.1) is 5.92 Å². The maximum Gasteiger partial charge on any atom is 0.253 e. The fraction of sp³-hybridized carbons (Fsp3) is 0.409. The Kier molecular flexibility index (Phi) is 5.19. The van der Waals surface area contributed by atoms with Gasteiger partial charge in [-0.1, -0.05) is 24.3 Å². The molecule has 1 fully saturated rings. The van der Waals surface area contributed by atoms with Crippen LogP contribution in [0.15, 0.2) is 48.8 Å². The van der Waals surface area contributed by atoms with Crippen molar-refractivity contribution < 1.29 is 9.59 Å². The molecule has 0 radical (unpaired) electrons. The zero-order chi connectivity index (χ0) is 18.6. The van der Waals surface area contributed by atoms with Gasteiger partial charge >= 0.3 is 0 Å². The number of rotatable bonds is 2. The highest BCUT2D eigenvalue weighted by Gasteiger charge is 2.31. The summed E-state index contributed by atoms with van der Waals surface area (Å²) in [5.41, 5.74) is 3.30. The van der Waals surface area contributed by atoms with Crippen LogP contribution >= 0.6 is 0 Å². The van der Waals surface area contributed by atoms with E-state index in [-0.39, 0.29) is 17.7 Å². The monoisotopic (exact) mass is 363 g/mol. The number of carbonyl (C=O) groups is 2. The average Bonchev–Trinajstić information content (AvgIpc) is 2.96. The number of nitrogens with zero attached hydrogens (tertiary/aromatic N) is 3. The van der Waals surface area contributed by atoms with Crippen LogP contribution in [0.4, 0.5) is 0 Å². The summed E-state index contributed by atoms with van der Waals surface area (Å²) in [6.45, 7) is 2.82. The second-order valence-corrected chi connectivity index (χ2v) is 7.43. The van der Waals surface area contributed by atoms with Gasteiger partial charge in [-0.25, -0.2) is 0 Å². The van der Waals surface area contributed by atoms with E-state index >= 15 is 0 Å². The standard InChI is InChI=1S/C22H25N3O2/c26-21(18-7-11-23-12-8-18)24-14-9-19(10-15-24)22(27)25-13-3-6-17-4-1-2-5-20(17)16-25/h1-2,4-5,7-8,11-12,19H,3,6,9-10,13-16H2. The number of piperidine rings is 1. The summed E-state index contributed by atoms with van der Waals surface area (Å²) in [5.74, 6) is 0.312. The maximum absolute atomic E-state index is 13.1. The molecule has 0 aliphatic carbocycles. The largest absolute Gasteiger partial charge is 0.339 e. The summed E-state index contributed by atoms with van der Waals surface area (Å²) in [6, 6.07) is 11.9. The van der Waals surface area contributed by atoms with E-state index in [2.05, 4.69) is 29.2 Å². The molecule has 27 heavy (non-hydrogen) atoms. The van der Waals surface area contributed by atoms with Crippen molar-refractivity contribution in [2.45, 2.75) is 32.2 Å². The molecule has 2 aromatic rings. The predicted octanol–water partition coefficient (Wildman–Crippen LogP) is 2.91. The lowest BCUT2D eigenvalue weighted by Gasteiger charge is -2.34. The van der Waals surface area contributed by atoms with Crippen LogP contribution in [-0.4, -0.2) is 46.2 Å². The van der Waals surface area contributed by atoms with Crippen molar-refractivity contribution in [3.8, 4) is 0 Å². The average molecular weight is 363 g/mol. The lowest BCUT2D eigenvalue weighted by molar-refractivity contribution is -0.137. The number of hydrogen-bond donors (Lipinski definition) is 0. The number of aromatic nitrogens is 1. The van der Waals surface area contributed by atoms with Crippen molar-refractivity contribution in [2.24, 2.45) is 5.92 Å². The zero-order valence-corrected chi connectivity index (χ0v) is 15.5. The van der Waals surface area contributed by atoms with Crippen molar-refractivity contribution in [1.82, 2.24) is 14.8 Å². The van der Waals surface area contributed by atoms with Crippen LogP contribution in [0.2, 0.25) is 0 Å². The van der Waals surface area contributed by atoms with Crippen LogP contribution in [0.1, 0.15) is 40.7 Å². The summed E-state index contributed by atoms with van der Waals surface area (Å²) < 4.78 is 0. The Morgan fingerprint density at radius 2 is 1.59 bits per heavy atom. The summed E-state index contributed by atoms with van der Waals surface area (Å²) >= 11 is 0. The van der Waals surface area contributed by atoms with Crippen LogP contribution < -0.4 is 0 Å². The number of carbonyl (C=O) groups excluding carboxylic acids is 2. The topological polar surface area (TPSA) is 53.5 Å². The highest BCUT2D eigenvalue weighted by atomic mass is 16.2. The Morgan fingerprint density at radius 3 is 2.33 bits per heavy atom. The van der Waals surface area contributed by atoms with E-state index in [1.165, 1.54) is 11.1 Å².